The van der Waals surface area contributed by atoms with Gasteiger partial charge in [0.05, 0.1) is 19.9 Å². The molecule has 0 bridgehead atoms. The second-order valence-electron chi connectivity index (χ2n) is 5.84. The number of carbonyl (C=O) groups is 1. The predicted molar refractivity (Wildman–Crippen MR) is 110 cm³/mol. The van der Waals surface area contributed by atoms with Gasteiger partial charge in [0.15, 0.2) is 11.5 Å². The molecule has 28 heavy (non-hydrogen) atoms. The molecule has 0 fully saturated rings. The molecular weight excluding hydrogens is 426 g/mol. The number of amides is 1. The van der Waals surface area contributed by atoms with Gasteiger partial charge in [-0.2, -0.15) is 5.10 Å². The Morgan fingerprint density at radius 1 is 1.07 bits per heavy atom. The number of halogens is 1. The van der Waals surface area contributed by atoms with Crippen molar-refractivity contribution in [2.45, 2.75) is 6.54 Å². The van der Waals surface area contributed by atoms with Crippen molar-refractivity contribution in [3.63, 3.8) is 0 Å². The molecule has 3 aromatic rings. The first-order valence-corrected chi connectivity index (χ1v) is 9.15. The summed E-state index contributed by atoms with van der Waals surface area (Å²) in [6.07, 6.45) is 0. The maximum absolute atomic E-state index is 12.3. The summed E-state index contributed by atoms with van der Waals surface area (Å²) in [6, 6.07) is 15.5. The number of hydrogen-bond acceptors (Lipinski definition) is 5. The number of nitrogens with zero attached hydrogens (tertiary/aromatic N) is 2. The number of rotatable bonds is 6. The highest BCUT2D eigenvalue weighted by atomic mass is 79.9. The van der Waals surface area contributed by atoms with Gasteiger partial charge in [-0.25, -0.2) is 4.68 Å². The number of benzene rings is 2. The molecule has 3 rings (SSSR count). The van der Waals surface area contributed by atoms with Gasteiger partial charge in [0.2, 0.25) is 5.91 Å². The fourth-order valence-electron chi connectivity index (χ4n) is 2.61. The van der Waals surface area contributed by atoms with Gasteiger partial charge < -0.3 is 14.8 Å². The Morgan fingerprint density at radius 3 is 2.57 bits per heavy atom. The van der Waals surface area contributed by atoms with E-state index in [1.807, 2.05) is 12.1 Å². The highest BCUT2D eigenvalue weighted by Gasteiger charge is 2.11. The van der Waals surface area contributed by atoms with Crippen LogP contribution in [-0.2, 0) is 11.3 Å². The van der Waals surface area contributed by atoms with Crippen LogP contribution in [0.5, 0.6) is 11.5 Å². The molecule has 0 unspecified atom stereocenters. The van der Waals surface area contributed by atoms with Crippen LogP contribution < -0.4 is 20.3 Å². The summed E-state index contributed by atoms with van der Waals surface area (Å²) in [7, 11) is 3.10. The zero-order valence-electron chi connectivity index (χ0n) is 15.3. The van der Waals surface area contributed by atoms with Crippen LogP contribution in [-0.4, -0.2) is 29.9 Å². The maximum Gasteiger partial charge on any atom is 0.267 e. The van der Waals surface area contributed by atoms with Crippen LogP contribution in [0.15, 0.2) is 63.9 Å². The van der Waals surface area contributed by atoms with Crippen LogP contribution in [0.2, 0.25) is 0 Å². The van der Waals surface area contributed by atoms with Gasteiger partial charge in [-0.05, 0) is 42.5 Å². The van der Waals surface area contributed by atoms with Gasteiger partial charge in [-0.15, -0.1) is 0 Å². The standard InChI is InChI=1S/C20H18BrN3O4/c1-27-17-8-6-13(10-18(17)28-2)16-7-9-20(26)24(23-16)12-19(25)22-15-5-3-4-14(21)11-15/h3-11H,12H2,1-2H3,(H,22,25). The Labute approximate surface area is 170 Å². The summed E-state index contributed by atoms with van der Waals surface area (Å²) >= 11 is 3.35. The SMILES string of the molecule is COc1ccc(-c2ccc(=O)n(CC(=O)Nc3cccc(Br)c3)n2)cc1OC. The third-order valence-corrected chi connectivity index (χ3v) is 4.44. The second kappa shape index (κ2) is 8.71. The monoisotopic (exact) mass is 443 g/mol. The van der Waals surface area contributed by atoms with Gasteiger partial charge in [0, 0.05) is 21.8 Å². The molecule has 0 atom stereocenters. The molecule has 1 N–H and O–H groups in total. The number of hydrogen-bond donors (Lipinski definition) is 1. The summed E-state index contributed by atoms with van der Waals surface area (Å²) < 4.78 is 12.5. The van der Waals surface area contributed by atoms with Crippen molar-refractivity contribution in [1.82, 2.24) is 9.78 Å². The van der Waals surface area contributed by atoms with Crippen LogP contribution in [0.1, 0.15) is 0 Å². The fraction of sp³-hybridized carbons (Fsp3) is 0.150. The highest BCUT2D eigenvalue weighted by Crippen LogP contribution is 2.31. The lowest BCUT2D eigenvalue weighted by atomic mass is 10.1. The van der Waals surface area contributed by atoms with E-state index in [4.69, 9.17) is 9.47 Å². The summed E-state index contributed by atoms with van der Waals surface area (Å²) in [5.74, 6) is 0.789. The van der Waals surface area contributed by atoms with Crippen molar-refractivity contribution in [3.8, 4) is 22.8 Å². The van der Waals surface area contributed by atoms with E-state index in [9.17, 15) is 9.59 Å². The number of nitrogens with one attached hydrogen (secondary N) is 1. The molecule has 2 aromatic carbocycles. The number of anilines is 1. The lowest BCUT2D eigenvalue weighted by Gasteiger charge is -2.11. The largest absolute Gasteiger partial charge is 0.493 e. The van der Waals surface area contributed by atoms with Gasteiger partial charge in [0.25, 0.3) is 5.56 Å². The Balaban J connectivity index is 1.83. The molecule has 0 saturated carbocycles. The minimum absolute atomic E-state index is 0.202. The first-order chi connectivity index (χ1) is 13.5. The first kappa shape index (κ1) is 19.6. The Hall–Kier alpha value is -3.13. The molecule has 0 aliphatic carbocycles. The quantitative estimate of drug-likeness (QED) is 0.631. The zero-order chi connectivity index (χ0) is 20.1. The summed E-state index contributed by atoms with van der Waals surface area (Å²) in [4.78, 5) is 24.5. The van der Waals surface area contributed by atoms with Crippen LogP contribution in [0, 0.1) is 0 Å². The number of aromatic nitrogens is 2. The van der Waals surface area contributed by atoms with Crippen molar-refractivity contribution < 1.29 is 14.3 Å². The van der Waals surface area contributed by atoms with E-state index >= 15 is 0 Å². The molecule has 1 heterocycles. The second-order valence-corrected chi connectivity index (χ2v) is 6.76. The number of methoxy groups -OCH3 is 2. The van der Waals surface area contributed by atoms with Crippen molar-refractivity contribution in [2.24, 2.45) is 0 Å². The van der Waals surface area contributed by atoms with E-state index < -0.39 is 0 Å². The van der Waals surface area contributed by atoms with E-state index in [1.54, 1.807) is 50.6 Å². The Kier molecular flexibility index (Phi) is 6.10. The minimum Gasteiger partial charge on any atom is -0.493 e. The van der Waals surface area contributed by atoms with Crippen LogP contribution >= 0.6 is 15.9 Å². The lowest BCUT2D eigenvalue weighted by Crippen LogP contribution is -2.29. The topological polar surface area (TPSA) is 82.5 Å². The van der Waals surface area contributed by atoms with Crippen molar-refractivity contribution >= 4 is 27.5 Å². The first-order valence-electron chi connectivity index (χ1n) is 8.36. The van der Waals surface area contributed by atoms with Crippen LogP contribution in [0.4, 0.5) is 5.69 Å². The van der Waals surface area contributed by atoms with Gasteiger partial charge in [-0.3, -0.25) is 9.59 Å². The van der Waals surface area contributed by atoms with Crippen molar-refractivity contribution in [3.05, 3.63) is 69.4 Å². The average molecular weight is 444 g/mol. The summed E-state index contributed by atoms with van der Waals surface area (Å²) in [6.45, 7) is -0.202. The Bertz CT molecular complexity index is 1070. The zero-order valence-corrected chi connectivity index (χ0v) is 16.9. The number of carbonyl (C=O) groups excluding carboxylic acids is 1. The molecule has 7 nitrogen and oxygen atoms in total. The lowest BCUT2D eigenvalue weighted by molar-refractivity contribution is -0.117. The van der Waals surface area contributed by atoms with E-state index in [2.05, 4.69) is 26.3 Å². The van der Waals surface area contributed by atoms with Gasteiger partial charge in [0.1, 0.15) is 6.54 Å². The normalized spacial score (nSPS) is 10.4. The smallest absolute Gasteiger partial charge is 0.267 e. The third kappa shape index (κ3) is 4.58. The van der Waals surface area contributed by atoms with E-state index in [1.165, 1.54) is 6.07 Å². The fourth-order valence-corrected chi connectivity index (χ4v) is 3.01. The average Bonchev–Trinajstić information content (AvgIpc) is 2.69. The van der Waals surface area contributed by atoms with Gasteiger partial charge in [-0.1, -0.05) is 22.0 Å². The molecule has 0 radical (unpaired) electrons. The van der Waals surface area contributed by atoms with E-state index in [0.717, 1.165) is 14.7 Å². The molecule has 0 saturated heterocycles. The van der Waals surface area contributed by atoms with E-state index in [0.29, 0.717) is 22.9 Å². The Morgan fingerprint density at radius 2 is 1.86 bits per heavy atom. The van der Waals surface area contributed by atoms with Crippen molar-refractivity contribution in [2.75, 3.05) is 19.5 Å². The minimum atomic E-state index is -0.367. The molecule has 0 aliphatic heterocycles. The predicted octanol–water partition coefficient (Wildman–Crippen LogP) is 3.33. The highest BCUT2D eigenvalue weighted by molar-refractivity contribution is 9.10. The molecule has 1 amide bonds. The molecule has 144 valence electrons. The van der Waals surface area contributed by atoms with E-state index in [-0.39, 0.29) is 18.0 Å². The van der Waals surface area contributed by atoms with Crippen molar-refractivity contribution in [1.29, 1.82) is 0 Å². The van der Waals surface area contributed by atoms with Crippen LogP contribution in [0.25, 0.3) is 11.3 Å². The summed E-state index contributed by atoms with van der Waals surface area (Å²) in [5.41, 5.74) is 1.53. The molecular formula is C20H18BrN3O4. The molecule has 8 heteroatoms. The summed E-state index contributed by atoms with van der Waals surface area (Å²) in [5, 5.41) is 7.06. The molecule has 1 aromatic heterocycles. The number of ether oxygens (including phenoxy) is 2. The maximum atomic E-state index is 12.3. The molecule has 0 aliphatic rings. The van der Waals surface area contributed by atoms with Gasteiger partial charge >= 0.3 is 0 Å². The third-order valence-electron chi connectivity index (χ3n) is 3.95. The molecule has 0 spiro atoms. The van der Waals surface area contributed by atoms with Crippen LogP contribution in [0.3, 0.4) is 0 Å².